The summed E-state index contributed by atoms with van der Waals surface area (Å²) in [5, 5.41) is 19.4. The topological polar surface area (TPSA) is 83.4 Å². The molecule has 130 valence electrons. The molecule has 4 rings (SSSR count). The summed E-state index contributed by atoms with van der Waals surface area (Å²) >= 11 is 0. The number of rotatable bonds is 1. The van der Waals surface area contributed by atoms with Gasteiger partial charge in [0.25, 0.3) is 0 Å². The molecule has 25 heavy (non-hydrogen) atoms. The number of aromatic amines is 1. The first kappa shape index (κ1) is 15.8. The Labute approximate surface area is 144 Å². The minimum Gasteiger partial charge on any atom is -0.465 e. The van der Waals surface area contributed by atoms with Crippen molar-refractivity contribution >= 4 is 22.7 Å². The summed E-state index contributed by atoms with van der Waals surface area (Å²) in [6.45, 7) is 3.54. The van der Waals surface area contributed by atoms with Crippen molar-refractivity contribution in [1.29, 1.82) is 5.26 Å². The van der Waals surface area contributed by atoms with E-state index in [1.54, 1.807) is 0 Å². The predicted molar refractivity (Wildman–Crippen MR) is 91.2 cm³/mol. The molecule has 2 aliphatic rings. The van der Waals surface area contributed by atoms with E-state index >= 15 is 0 Å². The minimum atomic E-state index is -0.903. The highest BCUT2D eigenvalue weighted by Crippen LogP contribution is 2.39. The van der Waals surface area contributed by atoms with Gasteiger partial charge in [0.15, 0.2) is 0 Å². The number of benzene rings is 1. The Kier molecular flexibility index (Phi) is 3.57. The molecule has 2 aliphatic heterocycles. The van der Waals surface area contributed by atoms with E-state index in [9.17, 15) is 19.6 Å². The fourth-order valence-electron chi connectivity index (χ4n) is 4.39. The van der Waals surface area contributed by atoms with Gasteiger partial charge in [-0.1, -0.05) is 0 Å². The monoisotopic (exact) mass is 342 g/mol. The van der Waals surface area contributed by atoms with Crippen molar-refractivity contribution in [2.45, 2.75) is 25.8 Å². The number of fused-ring (bicyclic) bond motifs is 2. The molecule has 0 bridgehead atoms. The molecule has 6 nitrogen and oxygen atoms in total. The van der Waals surface area contributed by atoms with Gasteiger partial charge in [0.2, 0.25) is 0 Å². The van der Waals surface area contributed by atoms with Crippen LogP contribution in [0.4, 0.5) is 14.9 Å². The van der Waals surface area contributed by atoms with Crippen LogP contribution in [-0.2, 0) is 0 Å². The highest BCUT2D eigenvalue weighted by Gasteiger charge is 2.42. The van der Waals surface area contributed by atoms with Crippen LogP contribution in [0.1, 0.15) is 24.1 Å². The van der Waals surface area contributed by atoms with Crippen LogP contribution >= 0.6 is 0 Å². The first-order valence-corrected chi connectivity index (χ1v) is 8.46. The van der Waals surface area contributed by atoms with Crippen LogP contribution in [0.25, 0.3) is 10.9 Å². The van der Waals surface area contributed by atoms with Crippen molar-refractivity contribution in [3.05, 3.63) is 29.2 Å². The van der Waals surface area contributed by atoms with Gasteiger partial charge in [0, 0.05) is 30.7 Å². The number of piperidine rings is 1. The van der Waals surface area contributed by atoms with Gasteiger partial charge in [-0.2, -0.15) is 5.26 Å². The highest BCUT2D eigenvalue weighted by atomic mass is 19.1. The molecule has 0 saturated carbocycles. The molecular weight excluding hydrogens is 323 g/mol. The Morgan fingerprint density at radius 2 is 2.24 bits per heavy atom. The number of nitriles is 1. The molecule has 3 heterocycles. The smallest absolute Gasteiger partial charge is 0.407 e. The molecule has 2 fully saturated rings. The number of hydrogen-bond donors (Lipinski definition) is 2. The van der Waals surface area contributed by atoms with Crippen LogP contribution in [0.5, 0.6) is 0 Å². The molecule has 2 N–H and O–H groups in total. The second-order valence-electron chi connectivity index (χ2n) is 6.96. The molecule has 7 heteroatoms. The number of anilines is 1. The number of carboxylic acid groups (broad SMARTS) is 1. The summed E-state index contributed by atoms with van der Waals surface area (Å²) in [6.07, 6.45) is 0.896. The van der Waals surface area contributed by atoms with Gasteiger partial charge in [-0.05, 0) is 37.8 Å². The maximum Gasteiger partial charge on any atom is 0.407 e. The molecular formula is C18H19FN4O2. The number of likely N-dealkylation sites (tertiary alicyclic amines) is 1. The fraction of sp³-hybridized carbons (Fsp3) is 0.444. The van der Waals surface area contributed by atoms with E-state index < -0.39 is 11.9 Å². The van der Waals surface area contributed by atoms with Crippen LogP contribution in [0.3, 0.4) is 0 Å². The van der Waals surface area contributed by atoms with Crippen molar-refractivity contribution in [3.63, 3.8) is 0 Å². The molecule has 1 aromatic heterocycles. The summed E-state index contributed by atoms with van der Waals surface area (Å²) in [6, 6.07) is 5.06. The number of halogens is 1. The molecule has 2 atom stereocenters. The normalized spacial score (nSPS) is 22.9. The van der Waals surface area contributed by atoms with Gasteiger partial charge >= 0.3 is 6.09 Å². The third-order valence-corrected chi connectivity index (χ3v) is 5.44. The lowest BCUT2D eigenvalue weighted by molar-refractivity contribution is 0.0965. The molecule has 0 aliphatic carbocycles. The Balaban J connectivity index is 1.77. The molecule has 1 amide bonds. The molecule has 0 spiro atoms. The average Bonchev–Trinajstić information content (AvgIpc) is 3.16. The van der Waals surface area contributed by atoms with E-state index in [0.29, 0.717) is 36.2 Å². The fourth-order valence-corrected chi connectivity index (χ4v) is 4.39. The molecule has 2 aromatic rings. The lowest BCUT2D eigenvalue weighted by atomic mass is 9.92. The van der Waals surface area contributed by atoms with Crippen molar-refractivity contribution in [2.75, 3.05) is 24.5 Å². The SMILES string of the molecule is Cc1cc2c(N3CC4CCCN(C(=O)O)C4C3)c(F)cc(C#N)c2[nH]1. The highest BCUT2D eigenvalue weighted by molar-refractivity contribution is 5.97. The van der Waals surface area contributed by atoms with Crippen LogP contribution in [0, 0.1) is 30.0 Å². The maximum absolute atomic E-state index is 14.8. The first-order chi connectivity index (χ1) is 12.0. The summed E-state index contributed by atoms with van der Waals surface area (Å²) in [7, 11) is 0. The van der Waals surface area contributed by atoms with Gasteiger partial charge in [-0.3, -0.25) is 0 Å². The Morgan fingerprint density at radius 1 is 1.44 bits per heavy atom. The largest absolute Gasteiger partial charge is 0.465 e. The summed E-state index contributed by atoms with van der Waals surface area (Å²) in [5.41, 5.74) is 2.26. The Morgan fingerprint density at radius 3 is 2.96 bits per heavy atom. The number of nitrogens with one attached hydrogen (secondary N) is 1. The Bertz CT molecular complexity index is 901. The van der Waals surface area contributed by atoms with Gasteiger partial charge in [-0.25, -0.2) is 9.18 Å². The number of H-pyrrole nitrogens is 1. The lowest BCUT2D eigenvalue weighted by Crippen LogP contribution is -2.47. The number of aryl methyl sites for hydroxylation is 1. The van der Waals surface area contributed by atoms with Crippen molar-refractivity contribution in [1.82, 2.24) is 9.88 Å². The zero-order chi connectivity index (χ0) is 17.7. The first-order valence-electron chi connectivity index (χ1n) is 8.46. The quantitative estimate of drug-likeness (QED) is 0.834. The predicted octanol–water partition coefficient (Wildman–Crippen LogP) is 3.07. The maximum atomic E-state index is 14.8. The van der Waals surface area contributed by atoms with Gasteiger partial charge in [0.05, 0.1) is 22.8 Å². The summed E-state index contributed by atoms with van der Waals surface area (Å²) in [4.78, 5) is 18.1. The number of carbonyl (C=O) groups is 1. The van der Waals surface area contributed by atoms with E-state index in [1.807, 2.05) is 24.0 Å². The van der Waals surface area contributed by atoms with Crippen LogP contribution in [-0.4, -0.2) is 46.8 Å². The number of amides is 1. The zero-order valence-electron chi connectivity index (χ0n) is 13.9. The minimum absolute atomic E-state index is 0.101. The van der Waals surface area contributed by atoms with E-state index in [-0.39, 0.29) is 17.5 Å². The lowest BCUT2D eigenvalue weighted by Gasteiger charge is -2.34. The standard InChI is InChI=1S/C18H19FN4O2/c1-10-5-13-16(21-10)12(7-20)6-14(19)17(13)22-8-11-3-2-4-23(18(24)25)15(11)9-22/h5-6,11,15,21H,2-4,8-9H2,1H3,(H,24,25). The Hall–Kier alpha value is -2.75. The second-order valence-corrected chi connectivity index (χ2v) is 6.96. The average molecular weight is 342 g/mol. The van der Waals surface area contributed by atoms with Gasteiger partial charge in [-0.15, -0.1) is 0 Å². The van der Waals surface area contributed by atoms with Crippen molar-refractivity contribution < 1.29 is 14.3 Å². The number of nitrogens with zero attached hydrogens (tertiary/aromatic N) is 3. The molecule has 1 aromatic carbocycles. The van der Waals surface area contributed by atoms with Crippen LogP contribution < -0.4 is 4.90 Å². The number of hydrogen-bond acceptors (Lipinski definition) is 3. The summed E-state index contributed by atoms with van der Waals surface area (Å²) < 4.78 is 14.8. The summed E-state index contributed by atoms with van der Waals surface area (Å²) in [5.74, 6) is -0.210. The van der Waals surface area contributed by atoms with Crippen LogP contribution in [0.2, 0.25) is 0 Å². The van der Waals surface area contributed by atoms with Crippen molar-refractivity contribution in [2.24, 2.45) is 5.92 Å². The van der Waals surface area contributed by atoms with Crippen molar-refractivity contribution in [3.8, 4) is 6.07 Å². The van der Waals surface area contributed by atoms with E-state index in [0.717, 1.165) is 18.5 Å². The van der Waals surface area contributed by atoms with Crippen LogP contribution in [0.15, 0.2) is 12.1 Å². The van der Waals surface area contributed by atoms with Gasteiger partial charge in [0.1, 0.15) is 11.9 Å². The second kappa shape index (κ2) is 5.66. The zero-order valence-corrected chi connectivity index (χ0v) is 13.9. The van der Waals surface area contributed by atoms with Gasteiger partial charge < -0.3 is 19.9 Å². The third-order valence-electron chi connectivity index (χ3n) is 5.44. The number of aromatic nitrogens is 1. The molecule has 0 radical (unpaired) electrons. The van der Waals surface area contributed by atoms with E-state index in [1.165, 1.54) is 11.0 Å². The molecule has 2 saturated heterocycles. The third kappa shape index (κ3) is 2.40. The van der Waals surface area contributed by atoms with E-state index in [4.69, 9.17) is 0 Å². The molecule has 2 unspecified atom stereocenters. The van der Waals surface area contributed by atoms with E-state index in [2.05, 4.69) is 4.98 Å².